The summed E-state index contributed by atoms with van der Waals surface area (Å²) in [6.07, 6.45) is -4.17. The predicted octanol–water partition coefficient (Wildman–Crippen LogP) is -1.91. The van der Waals surface area contributed by atoms with Gasteiger partial charge < -0.3 is 29.9 Å². The van der Waals surface area contributed by atoms with Crippen LogP contribution in [0.1, 0.15) is 26.7 Å². The lowest BCUT2D eigenvalue weighted by Gasteiger charge is -2.64. The Morgan fingerprint density at radius 2 is 1.87 bits per heavy atom. The van der Waals surface area contributed by atoms with Gasteiger partial charge in [0.05, 0.1) is 11.5 Å². The van der Waals surface area contributed by atoms with Crippen LogP contribution in [0.25, 0.3) is 0 Å². The van der Waals surface area contributed by atoms with E-state index in [0.29, 0.717) is 0 Å². The van der Waals surface area contributed by atoms with Gasteiger partial charge in [0.2, 0.25) is 5.60 Å². The van der Waals surface area contributed by atoms with Gasteiger partial charge in [-0.3, -0.25) is 0 Å². The lowest BCUT2D eigenvalue weighted by molar-refractivity contribution is -0.333. The molecule has 0 aromatic carbocycles. The molecule has 8 atom stereocenters. The van der Waals surface area contributed by atoms with Crippen LogP contribution in [0.2, 0.25) is 0 Å². The molecule has 4 rings (SSSR count). The molecule has 2 bridgehead atoms. The molecule has 23 heavy (non-hydrogen) atoms. The zero-order valence-electron chi connectivity index (χ0n) is 12.9. The number of aliphatic hydroxyl groups is 4. The third kappa shape index (κ3) is 1.18. The van der Waals surface area contributed by atoms with E-state index < -0.39 is 58.2 Å². The molecule has 4 fully saturated rings. The zero-order chi connectivity index (χ0) is 17.0. The van der Waals surface area contributed by atoms with Crippen LogP contribution >= 0.6 is 0 Å². The van der Waals surface area contributed by atoms with Crippen molar-refractivity contribution in [2.75, 3.05) is 6.61 Å². The molecule has 8 heteroatoms. The van der Waals surface area contributed by atoms with E-state index in [-0.39, 0.29) is 19.4 Å². The van der Waals surface area contributed by atoms with Crippen molar-refractivity contribution in [3.05, 3.63) is 0 Å². The van der Waals surface area contributed by atoms with Gasteiger partial charge in [-0.25, -0.2) is 9.59 Å². The van der Waals surface area contributed by atoms with Crippen molar-refractivity contribution >= 4 is 11.9 Å². The average Bonchev–Trinajstić information content (AvgIpc) is 2.85. The van der Waals surface area contributed by atoms with Crippen LogP contribution in [0.4, 0.5) is 0 Å². The Labute approximate surface area is 132 Å². The van der Waals surface area contributed by atoms with Gasteiger partial charge in [0.1, 0.15) is 18.3 Å². The summed E-state index contributed by atoms with van der Waals surface area (Å²) in [5, 5.41) is 43.7. The fourth-order valence-electron chi connectivity index (χ4n) is 5.77. The summed E-state index contributed by atoms with van der Waals surface area (Å²) >= 11 is 0. The molecular formula is C15H20O8. The summed E-state index contributed by atoms with van der Waals surface area (Å²) in [6.45, 7) is 2.84. The molecular weight excluding hydrogens is 308 g/mol. The Morgan fingerprint density at radius 3 is 2.52 bits per heavy atom. The van der Waals surface area contributed by atoms with Gasteiger partial charge in [-0.05, 0) is 25.7 Å². The van der Waals surface area contributed by atoms with E-state index in [1.165, 1.54) is 6.92 Å². The van der Waals surface area contributed by atoms with Crippen molar-refractivity contribution in [2.24, 2.45) is 16.7 Å². The van der Waals surface area contributed by atoms with Crippen molar-refractivity contribution in [3.8, 4) is 0 Å². The molecule has 4 aliphatic rings. The topological polar surface area (TPSA) is 134 Å². The van der Waals surface area contributed by atoms with Crippen LogP contribution in [0.5, 0.6) is 0 Å². The first-order chi connectivity index (χ1) is 10.6. The number of fused-ring (bicyclic) bond motifs is 4. The molecule has 0 unspecified atom stereocenters. The van der Waals surface area contributed by atoms with Crippen molar-refractivity contribution < 1.29 is 39.5 Å². The third-order valence-corrected chi connectivity index (χ3v) is 7.09. The Kier molecular flexibility index (Phi) is 2.58. The largest absolute Gasteiger partial charge is 0.463 e. The Bertz CT molecular complexity index is 621. The molecule has 2 aliphatic heterocycles. The summed E-state index contributed by atoms with van der Waals surface area (Å²) in [6, 6.07) is 0. The maximum atomic E-state index is 12.2. The molecule has 2 heterocycles. The van der Waals surface area contributed by atoms with Gasteiger partial charge >= 0.3 is 11.9 Å². The van der Waals surface area contributed by atoms with Gasteiger partial charge in [0, 0.05) is 5.41 Å². The fraction of sp³-hybridized carbons (Fsp3) is 0.867. The first kappa shape index (κ1) is 15.3. The van der Waals surface area contributed by atoms with Crippen molar-refractivity contribution in [3.63, 3.8) is 0 Å². The zero-order valence-corrected chi connectivity index (χ0v) is 12.9. The highest BCUT2D eigenvalue weighted by Gasteiger charge is 2.87. The smallest absolute Gasteiger partial charge is 0.342 e. The first-order valence-electron chi connectivity index (χ1n) is 7.76. The van der Waals surface area contributed by atoms with E-state index >= 15 is 0 Å². The number of carbonyl (C=O) groups is 2. The average molecular weight is 328 g/mol. The van der Waals surface area contributed by atoms with Crippen LogP contribution in [-0.4, -0.2) is 68.5 Å². The molecule has 2 saturated carbocycles. The van der Waals surface area contributed by atoms with E-state index in [0.717, 1.165) is 0 Å². The SMILES string of the molecule is C[C@@H]1C[C@@H](O)[C@@]2(O)[C@@]13C[C@@H](OC(=O)[C@@H]3O)[C@@]1(O)C(=O)OC[C@@]21C. The first-order valence-corrected chi connectivity index (χ1v) is 7.76. The van der Waals surface area contributed by atoms with Crippen LogP contribution in [0.15, 0.2) is 0 Å². The van der Waals surface area contributed by atoms with E-state index in [9.17, 15) is 30.0 Å². The van der Waals surface area contributed by atoms with Crippen LogP contribution in [0.3, 0.4) is 0 Å². The third-order valence-electron chi connectivity index (χ3n) is 7.09. The minimum absolute atomic E-state index is 0.115. The predicted molar refractivity (Wildman–Crippen MR) is 71.7 cm³/mol. The van der Waals surface area contributed by atoms with Gasteiger partial charge in [-0.15, -0.1) is 0 Å². The molecule has 4 N–H and O–H groups in total. The number of esters is 2. The molecule has 1 spiro atoms. The van der Waals surface area contributed by atoms with Gasteiger partial charge in [0.25, 0.3) is 0 Å². The fourth-order valence-corrected chi connectivity index (χ4v) is 5.77. The van der Waals surface area contributed by atoms with E-state index in [2.05, 4.69) is 0 Å². The van der Waals surface area contributed by atoms with Crippen molar-refractivity contribution in [1.29, 1.82) is 0 Å². The molecule has 8 nitrogen and oxygen atoms in total. The minimum atomic E-state index is -2.26. The van der Waals surface area contributed by atoms with Crippen LogP contribution in [0, 0.1) is 16.7 Å². The lowest BCUT2D eigenvalue weighted by atomic mass is 9.44. The maximum absolute atomic E-state index is 12.2. The number of hydrogen-bond acceptors (Lipinski definition) is 8. The quantitative estimate of drug-likeness (QED) is 0.379. The van der Waals surface area contributed by atoms with E-state index in [1.54, 1.807) is 6.92 Å². The number of carbonyl (C=O) groups excluding carboxylic acids is 2. The van der Waals surface area contributed by atoms with Crippen molar-refractivity contribution in [2.45, 2.75) is 56.2 Å². The highest BCUT2D eigenvalue weighted by molar-refractivity contribution is 5.87. The summed E-state index contributed by atoms with van der Waals surface area (Å²) < 4.78 is 10.1. The van der Waals surface area contributed by atoms with Crippen molar-refractivity contribution in [1.82, 2.24) is 0 Å². The number of aliphatic hydroxyl groups excluding tert-OH is 2. The number of ether oxygens (including phenoxy) is 2. The van der Waals surface area contributed by atoms with Crippen LogP contribution in [-0.2, 0) is 19.1 Å². The number of rotatable bonds is 0. The Balaban J connectivity index is 2.04. The summed E-state index contributed by atoms with van der Waals surface area (Å²) in [5.41, 5.74) is -7.32. The van der Waals surface area contributed by atoms with E-state index in [1.807, 2.05) is 0 Å². The minimum Gasteiger partial charge on any atom is -0.463 e. The summed E-state index contributed by atoms with van der Waals surface area (Å²) in [4.78, 5) is 24.4. The van der Waals surface area contributed by atoms with Crippen LogP contribution < -0.4 is 0 Å². The van der Waals surface area contributed by atoms with E-state index in [4.69, 9.17) is 9.47 Å². The second kappa shape index (κ2) is 3.88. The number of cyclic esters (lactones) is 1. The normalized spacial score (nSPS) is 60.8. The second-order valence-electron chi connectivity index (χ2n) is 7.67. The lowest BCUT2D eigenvalue weighted by Crippen LogP contribution is -2.82. The van der Waals surface area contributed by atoms with Gasteiger partial charge in [-0.2, -0.15) is 0 Å². The molecule has 0 amide bonds. The maximum Gasteiger partial charge on any atom is 0.342 e. The van der Waals surface area contributed by atoms with Gasteiger partial charge in [0.15, 0.2) is 6.10 Å². The monoisotopic (exact) mass is 328 g/mol. The molecule has 0 aromatic rings. The highest BCUT2D eigenvalue weighted by atomic mass is 16.6. The molecule has 0 aromatic heterocycles. The molecule has 0 radical (unpaired) electrons. The second-order valence-corrected chi connectivity index (χ2v) is 7.67. The number of hydrogen-bond donors (Lipinski definition) is 4. The molecule has 2 saturated heterocycles. The van der Waals surface area contributed by atoms with Gasteiger partial charge in [-0.1, -0.05) is 6.92 Å². The highest BCUT2D eigenvalue weighted by Crippen LogP contribution is 2.71. The summed E-state index contributed by atoms with van der Waals surface area (Å²) in [5.74, 6) is -2.40. The summed E-state index contributed by atoms with van der Waals surface area (Å²) in [7, 11) is 0. The molecule has 128 valence electrons. The molecule has 2 aliphatic carbocycles. The Morgan fingerprint density at radius 1 is 1.22 bits per heavy atom. The standard InChI is InChI=1S/C15H20O8/c1-6-3-7(16)15(21)12(2)5-22-11(19)14(12,20)8-4-13(6,15)9(17)10(18)23-8/h6-9,16-17,20-21H,3-5H2,1-2H3/t6-,7-,8-,9+,12-,13+,14-,15+/m1/s1. The Hall–Kier alpha value is -1.22.